The van der Waals surface area contributed by atoms with Gasteiger partial charge < -0.3 is 0 Å². The van der Waals surface area contributed by atoms with Crippen molar-refractivity contribution in [3.63, 3.8) is 0 Å². The van der Waals surface area contributed by atoms with E-state index in [4.69, 9.17) is 0 Å². The summed E-state index contributed by atoms with van der Waals surface area (Å²) in [4.78, 5) is 0. The van der Waals surface area contributed by atoms with Crippen molar-refractivity contribution in [1.29, 1.82) is 0 Å². The number of benzene rings is 1. The van der Waals surface area contributed by atoms with Crippen molar-refractivity contribution in [2.24, 2.45) is 0 Å². The van der Waals surface area contributed by atoms with Gasteiger partial charge in [0.2, 0.25) is 0 Å². The predicted octanol–water partition coefficient (Wildman–Crippen LogP) is 3.55. The van der Waals surface area contributed by atoms with Crippen molar-refractivity contribution in [2.75, 3.05) is 5.33 Å². The van der Waals surface area contributed by atoms with Gasteiger partial charge in [0.1, 0.15) is 0 Å². The van der Waals surface area contributed by atoms with Gasteiger partial charge in [0.15, 0.2) is 0 Å². The Hall–Kier alpha value is -0.820. The molecule has 0 nitrogen and oxygen atoms in total. The van der Waals surface area contributed by atoms with Gasteiger partial charge in [-0.2, -0.15) is 0 Å². The summed E-state index contributed by atoms with van der Waals surface area (Å²) in [6.45, 7) is 0. The van der Waals surface area contributed by atoms with Gasteiger partial charge in [0.25, 0.3) is 0 Å². The molecule has 0 aliphatic heterocycles. The van der Waals surface area contributed by atoms with Crippen LogP contribution in [0.1, 0.15) is 17.0 Å². The lowest BCUT2D eigenvalue weighted by Gasteiger charge is -2.03. The van der Waals surface area contributed by atoms with Crippen molar-refractivity contribution in [3.8, 4) is 0 Å². The second-order valence-electron chi connectivity index (χ2n) is 3.01. The van der Waals surface area contributed by atoms with Crippen molar-refractivity contribution in [3.05, 3.63) is 53.6 Å². The molecule has 1 atom stereocenters. The minimum absolute atomic E-state index is 0.449. The van der Waals surface area contributed by atoms with E-state index in [0.29, 0.717) is 5.92 Å². The van der Waals surface area contributed by atoms with E-state index < -0.39 is 0 Å². The van der Waals surface area contributed by atoms with Crippen LogP contribution in [0, 0.1) is 6.07 Å². The fourth-order valence-electron chi connectivity index (χ4n) is 1.57. The lowest BCUT2D eigenvalue weighted by atomic mass is 10.0. The maximum Gasteiger partial charge on any atom is 0.0212 e. The molecule has 0 fully saturated rings. The van der Waals surface area contributed by atoms with Crippen LogP contribution in [0.4, 0.5) is 0 Å². The van der Waals surface area contributed by atoms with E-state index in [9.17, 15) is 0 Å². The molecule has 0 bridgehead atoms. The lowest BCUT2D eigenvalue weighted by molar-refractivity contribution is 1.11. The Kier molecular flexibility index (Phi) is 2.65. The molecular formula is C12H10Br. The molecular weight excluding hydrogens is 224 g/mol. The van der Waals surface area contributed by atoms with E-state index >= 15 is 0 Å². The van der Waals surface area contributed by atoms with Gasteiger partial charge >= 0.3 is 0 Å². The third-order valence-corrected chi connectivity index (χ3v) is 2.56. The normalized spacial score (nSPS) is 19.6. The summed E-state index contributed by atoms with van der Waals surface area (Å²) in [6.07, 6.45) is 8.70. The number of hydrogen-bond donors (Lipinski definition) is 0. The highest BCUT2D eigenvalue weighted by Gasteiger charge is 2.12. The zero-order valence-electron chi connectivity index (χ0n) is 7.20. The van der Waals surface area contributed by atoms with E-state index in [0.717, 1.165) is 5.33 Å². The molecule has 65 valence electrons. The maximum absolute atomic E-state index is 3.38. The van der Waals surface area contributed by atoms with Gasteiger partial charge in [0, 0.05) is 11.2 Å². The van der Waals surface area contributed by atoms with Crippen LogP contribution < -0.4 is 0 Å². The summed E-state index contributed by atoms with van der Waals surface area (Å²) in [5.41, 5.74) is 2.59. The van der Waals surface area contributed by atoms with Gasteiger partial charge in [-0.1, -0.05) is 58.4 Å². The number of hydrogen-bond acceptors (Lipinski definition) is 0. The first kappa shape index (κ1) is 8.76. The first-order valence-electron chi connectivity index (χ1n) is 4.33. The Labute approximate surface area is 87.1 Å². The fraction of sp³-hybridized carbons (Fsp3) is 0.167. The molecule has 1 aliphatic rings. The van der Waals surface area contributed by atoms with Gasteiger partial charge in [-0.3, -0.25) is 0 Å². The summed E-state index contributed by atoms with van der Waals surface area (Å²) in [7, 11) is 0. The van der Waals surface area contributed by atoms with E-state index in [1.165, 1.54) is 11.1 Å². The second kappa shape index (κ2) is 3.93. The SMILES string of the molecule is BrCC=CC1C=Cc2[c]cccc21. The topological polar surface area (TPSA) is 0 Å². The van der Waals surface area contributed by atoms with Crippen LogP contribution in [-0.2, 0) is 0 Å². The van der Waals surface area contributed by atoms with Crippen molar-refractivity contribution in [1.82, 2.24) is 0 Å². The minimum atomic E-state index is 0.449. The molecule has 0 saturated heterocycles. The Balaban J connectivity index is 2.28. The molecule has 1 aromatic carbocycles. The van der Waals surface area contributed by atoms with E-state index in [1.54, 1.807) is 0 Å². The first-order chi connectivity index (χ1) is 6.42. The van der Waals surface area contributed by atoms with E-state index in [1.807, 2.05) is 12.1 Å². The Bertz CT molecular complexity index is 350. The first-order valence-corrected chi connectivity index (χ1v) is 5.45. The highest BCUT2D eigenvalue weighted by atomic mass is 79.9. The number of rotatable bonds is 2. The van der Waals surface area contributed by atoms with Crippen LogP contribution in [0.3, 0.4) is 0 Å². The summed E-state index contributed by atoms with van der Waals surface area (Å²) >= 11 is 3.38. The largest absolute Gasteiger partial charge is 0.0883 e. The monoisotopic (exact) mass is 233 g/mol. The third kappa shape index (κ3) is 1.75. The predicted molar refractivity (Wildman–Crippen MR) is 60.0 cm³/mol. The van der Waals surface area contributed by atoms with Crippen molar-refractivity contribution in [2.45, 2.75) is 5.92 Å². The molecule has 0 aromatic heterocycles. The molecule has 1 aromatic rings. The van der Waals surface area contributed by atoms with Gasteiger partial charge in [-0.15, -0.1) is 0 Å². The molecule has 1 unspecified atom stereocenters. The summed E-state index contributed by atoms with van der Waals surface area (Å²) in [5, 5.41) is 0.920. The standard InChI is InChI=1S/C12H10Br/c13-9-3-5-11-8-7-10-4-1-2-6-12(10)11/h1-3,5-8,11H,9H2. The van der Waals surface area contributed by atoms with Crippen LogP contribution in [0.15, 0.2) is 36.4 Å². The smallest absolute Gasteiger partial charge is 0.0212 e. The average Bonchev–Trinajstić information content (AvgIpc) is 2.58. The summed E-state index contributed by atoms with van der Waals surface area (Å²) < 4.78 is 0. The van der Waals surface area contributed by atoms with Gasteiger partial charge in [0.05, 0.1) is 0 Å². The van der Waals surface area contributed by atoms with Crippen molar-refractivity contribution >= 4 is 22.0 Å². The molecule has 2 rings (SSSR count). The molecule has 13 heavy (non-hydrogen) atoms. The van der Waals surface area contributed by atoms with E-state index in [-0.39, 0.29) is 0 Å². The number of halogens is 1. The van der Waals surface area contributed by atoms with Crippen LogP contribution in [-0.4, -0.2) is 5.33 Å². The fourth-order valence-corrected chi connectivity index (χ4v) is 1.78. The Morgan fingerprint density at radius 1 is 1.54 bits per heavy atom. The van der Waals surface area contributed by atoms with Gasteiger partial charge in [-0.25, -0.2) is 0 Å². The molecule has 1 radical (unpaired) electrons. The second-order valence-corrected chi connectivity index (χ2v) is 3.65. The minimum Gasteiger partial charge on any atom is -0.0883 e. The van der Waals surface area contributed by atoms with Crippen molar-refractivity contribution < 1.29 is 0 Å². The zero-order valence-corrected chi connectivity index (χ0v) is 8.79. The Morgan fingerprint density at radius 3 is 3.31 bits per heavy atom. The maximum atomic E-state index is 3.38. The molecule has 0 N–H and O–H groups in total. The zero-order chi connectivity index (χ0) is 9.10. The lowest BCUT2D eigenvalue weighted by Crippen LogP contribution is -1.88. The molecule has 1 aliphatic carbocycles. The molecule has 0 spiro atoms. The number of fused-ring (bicyclic) bond motifs is 1. The molecule has 0 saturated carbocycles. The molecule has 0 heterocycles. The molecule has 0 amide bonds. The van der Waals surface area contributed by atoms with E-state index in [2.05, 4.69) is 52.4 Å². The van der Waals surface area contributed by atoms with Crippen LogP contribution in [0.5, 0.6) is 0 Å². The highest BCUT2D eigenvalue weighted by molar-refractivity contribution is 9.09. The number of alkyl halides is 1. The van der Waals surface area contributed by atoms with Crippen LogP contribution >= 0.6 is 15.9 Å². The quantitative estimate of drug-likeness (QED) is 0.542. The van der Waals surface area contributed by atoms with Crippen LogP contribution in [0.2, 0.25) is 0 Å². The third-order valence-electron chi connectivity index (χ3n) is 2.18. The summed E-state index contributed by atoms with van der Waals surface area (Å²) in [5.74, 6) is 0.449. The Morgan fingerprint density at radius 2 is 2.46 bits per heavy atom. The van der Waals surface area contributed by atoms with Crippen LogP contribution in [0.25, 0.3) is 6.08 Å². The number of allylic oxidation sites excluding steroid dienone is 3. The summed E-state index contributed by atoms with van der Waals surface area (Å²) in [6, 6.07) is 9.39. The van der Waals surface area contributed by atoms with Gasteiger partial charge in [-0.05, 0) is 17.2 Å². The molecule has 1 heteroatoms. The average molecular weight is 234 g/mol. The highest BCUT2D eigenvalue weighted by Crippen LogP contribution is 2.30.